The average molecular weight is 569 g/mol. The zero-order valence-corrected chi connectivity index (χ0v) is 23.3. The fourth-order valence-corrected chi connectivity index (χ4v) is 7.75. The lowest BCUT2D eigenvalue weighted by Gasteiger charge is -2.40. The molecule has 0 saturated carbocycles. The number of fused-ring (bicyclic) bond motifs is 5. The van der Waals surface area contributed by atoms with E-state index < -0.39 is 10.9 Å². The van der Waals surface area contributed by atoms with Crippen LogP contribution in [0.4, 0.5) is 0 Å². The molecule has 7 rings (SSSR count). The van der Waals surface area contributed by atoms with Crippen LogP contribution < -0.4 is 21.7 Å². The lowest BCUT2D eigenvalue weighted by atomic mass is 9.99. The molecule has 4 aromatic carbocycles. The predicted octanol–water partition coefficient (Wildman–Crippen LogP) is 2.93. The number of ether oxygens (including phenoxy) is 1. The number of carbonyl (C=O) groups is 1. The van der Waals surface area contributed by atoms with Crippen LogP contribution in [0.25, 0.3) is 41.7 Å². The number of thiophene rings is 1. The second kappa shape index (κ2) is 10.2. The Morgan fingerprint density at radius 3 is 2.00 bits per heavy atom. The van der Waals surface area contributed by atoms with Gasteiger partial charge in [0.1, 0.15) is 0 Å². The molecule has 1 amide bonds. The van der Waals surface area contributed by atoms with Gasteiger partial charge in [-0.2, -0.15) is 0 Å². The van der Waals surface area contributed by atoms with Gasteiger partial charge < -0.3 is 9.64 Å². The minimum atomic E-state index is -0.425. The summed E-state index contributed by atoms with van der Waals surface area (Å²) >= 11 is 0.932. The van der Waals surface area contributed by atoms with Crippen LogP contribution in [0.15, 0.2) is 61.6 Å². The van der Waals surface area contributed by atoms with Crippen molar-refractivity contribution in [1.29, 1.82) is 0 Å². The number of nitrogens with zero attached hydrogens (tertiary/aromatic N) is 2. The molecule has 0 bridgehead atoms. The molecular weight excluding hydrogens is 540 g/mol. The van der Waals surface area contributed by atoms with Gasteiger partial charge in [-0.25, -0.2) is 0 Å². The third-order valence-corrected chi connectivity index (χ3v) is 9.96. The molecule has 41 heavy (non-hydrogen) atoms. The normalized spacial score (nSPS) is 17.3. The minimum absolute atomic E-state index is 0.0340. The van der Waals surface area contributed by atoms with Crippen molar-refractivity contribution in [3.05, 3.63) is 88.9 Å². The molecule has 0 N–H and O–H groups in total. The van der Waals surface area contributed by atoms with Crippen LogP contribution in [0, 0.1) is 0 Å². The van der Waals surface area contributed by atoms with Crippen molar-refractivity contribution in [3.8, 4) is 0 Å². The van der Waals surface area contributed by atoms with E-state index >= 15 is 0 Å². The second-order valence-corrected chi connectivity index (χ2v) is 12.0. The number of carbonyl (C=O) groups excluding carboxylic acids is 1. The molecule has 0 radical (unpaired) electrons. The lowest BCUT2D eigenvalue weighted by Crippen LogP contribution is -2.50. The highest BCUT2D eigenvalue weighted by atomic mass is 32.1. The fraction of sp³-hybridized carbons (Fsp3) is 0.344. The fourth-order valence-electron chi connectivity index (χ4n) is 6.54. The number of hydrogen-bond acceptors (Lipinski definition) is 8. The molecule has 2 saturated heterocycles. The number of piperidine rings is 1. The first-order valence-electron chi connectivity index (χ1n) is 14.1. The van der Waals surface area contributed by atoms with E-state index in [2.05, 4.69) is 4.90 Å². The maximum atomic E-state index is 13.8. The van der Waals surface area contributed by atoms with Crippen LogP contribution in [0.3, 0.4) is 0 Å². The van der Waals surface area contributed by atoms with E-state index in [0.717, 1.165) is 69.1 Å². The zero-order valence-electron chi connectivity index (χ0n) is 22.4. The van der Waals surface area contributed by atoms with Crippen molar-refractivity contribution >= 4 is 59.0 Å². The van der Waals surface area contributed by atoms with Crippen molar-refractivity contribution in [2.45, 2.75) is 31.7 Å². The number of morpholine rings is 1. The molecule has 0 spiro atoms. The summed E-state index contributed by atoms with van der Waals surface area (Å²) in [6.07, 6.45) is 2.67. The molecule has 8 nitrogen and oxygen atoms in total. The Morgan fingerprint density at radius 1 is 0.756 bits per heavy atom. The summed E-state index contributed by atoms with van der Waals surface area (Å²) in [5, 5.41) is 1.10. The maximum Gasteiger partial charge on any atom is 0.222 e. The molecule has 208 valence electrons. The largest absolute Gasteiger partial charge is 0.379 e. The zero-order chi connectivity index (χ0) is 28.2. The van der Waals surface area contributed by atoms with Gasteiger partial charge in [0.25, 0.3) is 0 Å². The standard InChI is InChI=1S/C32H28N2O6S/c35-24(34-11-9-19(10-12-34)33-13-15-40-16-14-33)8-6-18-5-7-22-23(17-18)28(37)26-25-27(36)20-3-1-2-4-21(20)29(38)31(25)41-32(26)30(22)39/h1-5,7,17,19H,6,8-16H2. The van der Waals surface area contributed by atoms with Crippen molar-refractivity contribution in [3.63, 3.8) is 0 Å². The summed E-state index contributed by atoms with van der Waals surface area (Å²) in [5.41, 5.74) is -0.749. The van der Waals surface area contributed by atoms with E-state index in [-0.39, 0.29) is 53.1 Å². The van der Waals surface area contributed by atoms with Gasteiger partial charge in [0.15, 0.2) is 10.9 Å². The second-order valence-electron chi connectivity index (χ2n) is 11.0. The Kier molecular flexibility index (Phi) is 6.53. The summed E-state index contributed by atoms with van der Waals surface area (Å²) in [7, 11) is 0. The third-order valence-electron chi connectivity index (χ3n) is 8.77. The molecule has 9 heteroatoms. The van der Waals surface area contributed by atoms with Gasteiger partial charge >= 0.3 is 0 Å². The summed E-state index contributed by atoms with van der Waals surface area (Å²) in [4.78, 5) is 71.2. The molecule has 5 aromatic rings. The van der Waals surface area contributed by atoms with Gasteiger partial charge in [-0.15, -0.1) is 11.3 Å². The number of rotatable bonds is 4. The Balaban J connectivity index is 1.18. The van der Waals surface area contributed by atoms with Gasteiger partial charge in [0, 0.05) is 60.2 Å². The van der Waals surface area contributed by atoms with Crippen LogP contribution in [0.2, 0.25) is 0 Å². The SMILES string of the molecule is O=C(CCc1ccc2c(=O)c3sc4c(=O)c5ccccc5c(=O)c4c3c(=O)c2c1)N1CCC(N2CCOCC2)CC1. The van der Waals surface area contributed by atoms with E-state index in [4.69, 9.17) is 4.74 Å². The van der Waals surface area contributed by atoms with Crippen molar-refractivity contribution in [2.24, 2.45) is 0 Å². The van der Waals surface area contributed by atoms with E-state index in [1.807, 2.05) is 4.90 Å². The number of likely N-dealkylation sites (tertiary alicyclic amines) is 1. The van der Waals surface area contributed by atoms with Crippen LogP contribution in [-0.2, 0) is 16.0 Å². The van der Waals surface area contributed by atoms with Gasteiger partial charge in [0.05, 0.1) is 33.4 Å². The first-order chi connectivity index (χ1) is 19.9. The van der Waals surface area contributed by atoms with E-state index in [1.54, 1.807) is 42.5 Å². The molecule has 2 fully saturated rings. The number of benzene rings is 4. The summed E-state index contributed by atoms with van der Waals surface area (Å²) < 4.78 is 5.75. The topological polar surface area (TPSA) is 101 Å². The number of hydrogen-bond donors (Lipinski definition) is 0. The molecule has 0 atom stereocenters. The van der Waals surface area contributed by atoms with Crippen LogP contribution in [0.5, 0.6) is 0 Å². The molecule has 0 aliphatic carbocycles. The smallest absolute Gasteiger partial charge is 0.222 e. The van der Waals surface area contributed by atoms with Crippen LogP contribution in [-0.4, -0.2) is 61.1 Å². The van der Waals surface area contributed by atoms with Gasteiger partial charge in [-0.1, -0.05) is 30.3 Å². The Hall–Kier alpha value is -3.79. The van der Waals surface area contributed by atoms with E-state index in [1.165, 1.54) is 0 Å². The molecule has 2 aliphatic heterocycles. The Morgan fingerprint density at radius 2 is 1.34 bits per heavy atom. The maximum absolute atomic E-state index is 13.8. The average Bonchev–Trinajstić information content (AvgIpc) is 3.44. The van der Waals surface area contributed by atoms with Gasteiger partial charge in [0.2, 0.25) is 16.8 Å². The van der Waals surface area contributed by atoms with Crippen molar-refractivity contribution in [1.82, 2.24) is 9.80 Å². The third kappa shape index (κ3) is 4.31. The molecule has 3 heterocycles. The highest BCUT2D eigenvalue weighted by Gasteiger charge is 2.28. The molecule has 1 aromatic heterocycles. The van der Waals surface area contributed by atoms with Crippen LogP contribution in [0.1, 0.15) is 24.8 Å². The summed E-state index contributed by atoms with van der Waals surface area (Å²) in [5.74, 6) is 0.0857. The minimum Gasteiger partial charge on any atom is -0.379 e. The van der Waals surface area contributed by atoms with Crippen molar-refractivity contribution in [2.75, 3.05) is 39.4 Å². The Labute approximate surface area is 238 Å². The molecule has 2 aliphatic rings. The highest BCUT2D eigenvalue weighted by molar-refractivity contribution is 7.25. The summed E-state index contributed by atoms with van der Waals surface area (Å²) in [6, 6.07) is 12.1. The predicted molar refractivity (Wildman–Crippen MR) is 162 cm³/mol. The first kappa shape index (κ1) is 26.1. The quantitative estimate of drug-likeness (QED) is 0.329. The van der Waals surface area contributed by atoms with Crippen molar-refractivity contribution < 1.29 is 9.53 Å². The molecule has 0 unspecified atom stereocenters. The van der Waals surface area contributed by atoms with E-state index in [0.29, 0.717) is 24.3 Å². The van der Waals surface area contributed by atoms with Gasteiger partial charge in [-0.3, -0.25) is 28.9 Å². The van der Waals surface area contributed by atoms with E-state index in [9.17, 15) is 24.0 Å². The summed E-state index contributed by atoms with van der Waals surface area (Å²) in [6.45, 7) is 4.91. The number of aryl methyl sites for hydroxylation is 1. The number of amides is 1. The highest BCUT2D eigenvalue weighted by Crippen LogP contribution is 2.29. The lowest BCUT2D eigenvalue weighted by molar-refractivity contribution is -0.133. The Bertz CT molecular complexity index is 2060. The monoisotopic (exact) mass is 568 g/mol. The van der Waals surface area contributed by atoms with Crippen LogP contribution >= 0.6 is 11.3 Å². The first-order valence-corrected chi connectivity index (χ1v) is 14.9. The molecular formula is C32H28N2O6S. The van der Waals surface area contributed by atoms with Gasteiger partial charge in [-0.05, 0) is 37.0 Å².